The number of rotatable bonds is 6. The lowest BCUT2D eigenvalue weighted by molar-refractivity contribution is -0.270. The molecule has 1 amide bonds. The van der Waals surface area contributed by atoms with E-state index < -0.39 is 11.6 Å². The Hall–Kier alpha value is -2.19. The van der Waals surface area contributed by atoms with Crippen molar-refractivity contribution in [3.8, 4) is 0 Å². The summed E-state index contributed by atoms with van der Waals surface area (Å²) in [5.74, 6) is 0.751. The van der Waals surface area contributed by atoms with E-state index in [4.69, 9.17) is 4.74 Å². The standard InChI is InChI=1S/C20H25BrN4O3/c1-5-28-12-17-23-16-11-22-15-10-13(21)6-7-14(15)18(16)24(17)8-9-25(19(26)27)20(2,3)4/h6-7,10-11H,5,8-9,12H2,1-4H3,(H,26,27)/p-1. The van der Waals surface area contributed by atoms with Crippen molar-refractivity contribution in [2.75, 3.05) is 13.2 Å². The number of nitrogens with zero attached hydrogens (tertiary/aromatic N) is 4. The van der Waals surface area contributed by atoms with Crippen LogP contribution in [0.15, 0.2) is 28.9 Å². The predicted molar refractivity (Wildman–Crippen MR) is 110 cm³/mol. The predicted octanol–water partition coefficient (Wildman–Crippen LogP) is 3.33. The summed E-state index contributed by atoms with van der Waals surface area (Å²) in [4.78, 5) is 22.2. The maximum Gasteiger partial charge on any atom is 0.137 e. The minimum absolute atomic E-state index is 0.288. The Morgan fingerprint density at radius 2 is 2.07 bits per heavy atom. The van der Waals surface area contributed by atoms with Crippen LogP contribution in [0.2, 0.25) is 0 Å². The third-order valence-corrected chi connectivity index (χ3v) is 5.12. The molecule has 0 aliphatic heterocycles. The number of halogens is 1. The molecule has 0 aliphatic rings. The van der Waals surface area contributed by atoms with Crippen molar-refractivity contribution < 1.29 is 14.6 Å². The van der Waals surface area contributed by atoms with E-state index in [9.17, 15) is 9.90 Å². The van der Waals surface area contributed by atoms with Crippen LogP contribution in [0.3, 0.4) is 0 Å². The summed E-state index contributed by atoms with van der Waals surface area (Å²) in [5, 5.41) is 12.6. The van der Waals surface area contributed by atoms with E-state index in [1.165, 1.54) is 4.90 Å². The van der Waals surface area contributed by atoms with Crippen LogP contribution in [0.25, 0.3) is 21.9 Å². The molecular formula is C20H24BrN4O3-. The van der Waals surface area contributed by atoms with Crippen molar-refractivity contribution in [3.63, 3.8) is 0 Å². The number of hydrogen-bond donors (Lipinski definition) is 0. The van der Waals surface area contributed by atoms with Gasteiger partial charge in [-0.25, -0.2) is 4.98 Å². The van der Waals surface area contributed by atoms with Crippen LogP contribution in [0.1, 0.15) is 33.5 Å². The van der Waals surface area contributed by atoms with Gasteiger partial charge in [-0.3, -0.25) is 4.98 Å². The van der Waals surface area contributed by atoms with Gasteiger partial charge in [0.05, 0.1) is 17.2 Å². The number of ether oxygens (including phenoxy) is 1. The molecule has 150 valence electrons. The summed E-state index contributed by atoms with van der Waals surface area (Å²) in [6.07, 6.45) is 0.565. The number of amides is 1. The summed E-state index contributed by atoms with van der Waals surface area (Å²) in [5.41, 5.74) is 1.99. The average Bonchev–Trinajstić information content (AvgIpc) is 2.96. The van der Waals surface area contributed by atoms with Crippen LogP contribution in [0.4, 0.5) is 4.79 Å². The Morgan fingerprint density at radius 3 is 2.71 bits per heavy atom. The molecule has 28 heavy (non-hydrogen) atoms. The van der Waals surface area contributed by atoms with Crippen LogP contribution in [-0.2, 0) is 17.9 Å². The molecule has 0 saturated heterocycles. The zero-order valence-corrected chi connectivity index (χ0v) is 18.1. The molecule has 0 saturated carbocycles. The maximum absolute atomic E-state index is 11.6. The van der Waals surface area contributed by atoms with Gasteiger partial charge in [0.1, 0.15) is 24.0 Å². The number of aromatic nitrogens is 3. The first kappa shape index (κ1) is 20.5. The van der Waals surface area contributed by atoms with Gasteiger partial charge >= 0.3 is 0 Å². The number of carbonyl (C=O) groups is 1. The summed E-state index contributed by atoms with van der Waals surface area (Å²) in [7, 11) is 0. The summed E-state index contributed by atoms with van der Waals surface area (Å²) in [6, 6.07) is 5.92. The highest BCUT2D eigenvalue weighted by atomic mass is 79.9. The van der Waals surface area contributed by atoms with Crippen LogP contribution in [0, 0.1) is 0 Å². The lowest BCUT2D eigenvalue weighted by Gasteiger charge is -2.38. The molecule has 1 aromatic carbocycles. The van der Waals surface area contributed by atoms with Gasteiger partial charge in [-0.15, -0.1) is 0 Å². The van der Waals surface area contributed by atoms with Crippen molar-refractivity contribution in [1.82, 2.24) is 19.4 Å². The van der Waals surface area contributed by atoms with E-state index in [-0.39, 0.29) is 6.54 Å². The van der Waals surface area contributed by atoms with E-state index in [0.29, 0.717) is 19.8 Å². The number of carbonyl (C=O) groups excluding carboxylic acids is 1. The Labute approximate surface area is 172 Å². The van der Waals surface area contributed by atoms with Gasteiger partial charge in [0, 0.05) is 35.1 Å². The van der Waals surface area contributed by atoms with E-state index >= 15 is 0 Å². The summed E-state index contributed by atoms with van der Waals surface area (Å²) >= 11 is 3.48. The van der Waals surface area contributed by atoms with Crippen molar-refractivity contribution in [2.24, 2.45) is 0 Å². The molecule has 0 atom stereocenters. The zero-order valence-electron chi connectivity index (χ0n) is 16.5. The highest BCUT2D eigenvalue weighted by Gasteiger charge is 2.22. The fourth-order valence-corrected chi connectivity index (χ4v) is 3.63. The SMILES string of the molecule is CCOCc1nc2cnc3cc(Br)ccc3c2n1CCN(C(=O)[O-])C(C)(C)C. The van der Waals surface area contributed by atoms with E-state index in [0.717, 1.165) is 32.2 Å². The van der Waals surface area contributed by atoms with Gasteiger partial charge in [-0.1, -0.05) is 15.9 Å². The van der Waals surface area contributed by atoms with Crippen molar-refractivity contribution in [2.45, 2.75) is 46.4 Å². The topological polar surface area (TPSA) is 83.3 Å². The van der Waals surface area contributed by atoms with Crippen LogP contribution < -0.4 is 5.11 Å². The molecule has 2 heterocycles. The molecule has 0 fully saturated rings. The first-order chi connectivity index (χ1) is 13.2. The van der Waals surface area contributed by atoms with Gasteiger partial charge in [-0.05, 0) is 45.9 Å². The quantitative estimate of drug-likeness (QED) is 0.578. The number of fused-ring (bicyclic) bond motifs is 3. The summed E-state index contributed by atoms with van der Waals surface area (Å²) < 4.78 is 8.57. The molecule has 7 nitrogen and oxygen atoms in total. The summed E-state index contributed by atoms with van der Waals surface area (Å²) in [6.45, 7) is 9.15. The number of imidazole rings is 1. The number of benzene rings is 1. The first-order valence-electron chi connectivity index (χ1n) is 9.22. The number of hydrogen-bond acceptors (Lipinski definition) is 5. The molecule has 0 bridgehead atoms. The highest BCUT2D eigenvalue weighted by molar-refractivity contribution is 9.10. The van der Waals surface area contributed by atoms with Gasteiger partial charge in [-0.2, -0.15) is 0 Å². The molecule has 3 aromatic rings. The lowest BCUT2D eigenvalue weighted by atomic mass is 10.1. The maximum atomic E-state index is 11.6. The molecule has 8 heteroatoms. The highest BCUT2D eigenvalue weighted by Crippen LogP contribution is 2.27. The number of carboxylic acid groups (broad SMARTS) is 1. The Morgan fingerprint density at radius 1 is 1.32 bits per heavy atom. The average molecular weight is 448 g/mol. The molecule has 3 rings (SSSR count). The Balaban J connectivity index is 2.10. The smallest absolute Gasteiger partial charge is 0.137 e. The minimum atomic E-state index is -1.18. The van der Waals surface area contributed by atoms with Crippen LogP contribution >= 0.6 is 15.9 Å². The minimum Gasteiger partial charge on any atom is -0.530 e. The van der Waals surface area contributed by atoms with Gasteiger partial charge < -0.3 is 24.1 Å². The van der Waals surface area contributed by atoms with Gasteiger partial charge in [0.15, 0.2) is 0 Å². The normalized spacial score (nSPS) is 12.0. The second-order valence-electron chi connectivity index (χ2n) is 7.56. The third kappa shape index (κ3) is 4.12. The largest absolute Gasteiger partial charge is 0.530 e. The fraction of sp³-hybridized carbons (Fsp3) is 0.450. The third-order valence-electron chi connectivity index (χ3n) is 4.63. The Kier molecular flexibility index (Phi) is 5.90. The second kappa shape index (κ2) is 8.05. The van der Waals surface area contributed by atoms with E-state index in [1.807, 2.05) is 50.5 Å². The molecule has 0 unspecified atom stereocenters. The lowest BCUT2D eigenvalue weighted by Crippen LogP contribution is -2.52. The number of pyridine rings is 1. The first-order valence-corrected chi connectivity index (χ1v) is 10.0. The van der Waals surface area contributed by atoms with Gasteiger partial charge in [0.2, 0.25) is 0 Å². The molecule has 0 aliphatic carbocycles. The second-order valence-corrected chi connectivity index (χ2v) is 8.47. The van der Waals surface area contributed by atoms with Crippen molar-refractivity contribution in [3.05, 3.63) is 34.7 Å². The molecule has 0 spiro atoms. The van der Waals surface area contributed by atoms with Crippen LogP contribution in [0.5, 0.6) is 0 Å². The molecular weight excluding hydrogens is 424 g/mol. The van der Waals surface area contributed by atoms with E-state index in [2.05, 4.69) is 25.9 Å². The Bertz CT molecular complexity index is 1010. The monoisotopic (exact) mass is 447 g/mol. The van der Waals surface area contributed by atoms with Gasteiger partial charge in [0.25, 0.3) is 0 Å². The molecule has 0 radical (unpaired) electrons. The van der Waals surface area contributed by atoms with Crippen molar-refractivity contribution in [1.29, 1.82) is 0 Å². The van der Waals surface area contributed by atoms with Crippen molar-refractivity contribution >= 4 is 44.0 Å². The van der Waals surface area contributed by atoms with E-state index in [1.54, 1.807) is 6.20 Å². The molecule has 2 aromatic heterocycles. The van der Waals surface area contributed by atoms with Crippen LogP contribution in [-0.4, -0.2) is 44.2 Å². The fourth-order valence-electron chi connectivity index (χ4n) is 3.28. The zero-order chi connectivity index (χ0) is 20.5. The molecule has 0 N–H and O–H groups in total.